The Hall–Kier alpha value is -0.200. The van der Waals surface area contributed by atoms with E-state index in [2.05, 4.69) is 11.9 Å². The van der Waals surface area contributed by atoms with Gasteiger partial charge < -0.3 is 23.8 Å². The van der Waals surface area contributed by atoms with Gasteiger partial charge in [0.25, 0.3) is 0 Å². The molecule has 0 bridgehead atoms. The highest BCUT2D eigenvalue weighted by molar-refractivity contribution is 4.85. The topological polar surface area (TPSA) is 40.2 Å². The third-order valence-electron chi connectivity index (χ3n) is 4.38. The van der Waals surface area contributed by atoms with Gasteiger partial charge in [0.15, 0.2) is 5.79 Å². The fraction of sp³-hybridized carbons (Fsp3) is 1.00. The van der Waals surface area contributed by atoms with Crippen molar-refractivity contribution in [2.75, 3.05) is 53.7 Å². The predicted molar refractivity (Wildman–Crippen MR) is 76.8 cm³/mol. The van der Waals surface area contributed by atoms with Gasteiger partial charge in [-0.3, -0.25) is 0 Å². The number of hydrogen-bond acceptors (Lipinski definition) is 5. The molecule has 0 aromatic carbocycles. The summed E-state index contributed by atoms with van der Waals surface area (Å²) < 4.78 is 22.2. The first kappa shape index (κ1) is 16.2. The summed E-state index contributed by atoms with van der Waals surface area (Å²) in [6.45, 7) is 4.88. The average molecular weight is 287 g/mol. The highest BCUT2D eigenvalue weighted by Gasteiger charge is 2.40. The molecule has 0 radical (unpaired) electrons. The van der Waals surface area contributed by atoms with Crippen LogP contribution in [0, 0.1) is 0 Å². The van der Waals surface area contributed by atoms with Crippen molar-refractivity contribution in [3.63, 3.8) is 0 Å². The van der Waals surface area contributed by atoms with Crippen molar-refractivity contribution in [3.05, 3.63) is 0 Å². The minimum absolute atomic E-state index is 0.242. The van der Waals surface area contributed by atoms with E-state index in [1.54, 1.807) is 7.11 Å². The van der Waals surface area contributed by atoms with Gasteiger partial charge >= 0.3 is 0 Å². The molecular formula is C15H29NO4. The smallest absolute Gasteiger partial charge is 0.168 e. The Bertz CT molecular complexity index is 259. The highest BCUT2D eigenvalue weighted by atomic mass is 16.7. The van der Waals surface area contributed by atoms with Crippen molar-refractivity contribution < 1.29 is 18.9 Å². The maximum Gasteiger partial charge on any atom is 0.168 e. The number of hydrogen-bond donors (Lipinski definition) is 0. The molecule has 1 spiro atoms. The van der Waals surface area contributed by atoms with E-state index >= 15 is 0 Å². The third-order valence-corrected chi connectivity index (χ3v) is 4.38. The second-order valence-electron chi connectivity index (χ2n) is 5.78. The Morgan fingerprint density at radius 1 is 1.10 bits per heavy atom. The second kappa shape index (κ2) is 8.29. The van der Waals surface area contributed by atoms with Crippen LogP contribution < -0.4 is 0 Å². The van der Waals surface area contributed by atoms with Gasteiger partial charge in [0, 0.05) is 45.8 Å². The minimum Gasteiger partial charge on any atom is -0.385 e. The van der Waals surface area contributed by atoms with E-state index in [-0.39, 0.29) is 5.79 Å². The van der Waals surface area contributed by atoms with Crippen LogP contribution in [0.15, 0.2) is 0 Å². The van der Waals surface area contributed by atoms with Crippen LogP contribution in [0.4, 0.5) is 0 Å². The maximum absolute atomic E-state index is 5.77. The van der Waals surface area contributed by atoms with Crippen LogP contribution in [-0.2, 0) is 18.9 Å². The zero-order chi connectivity index (χ0) is 14.3. The maximum atomic E-state index is 5.77. The first-order chi connectivity index (χ1) is 9.76. The summed E-state index contributed by atoms with van der Waals surface area (Å²) >= 11 is 0. The number of rotatable bonds is 8. The van der Waals surface area contributed by atoms with Crippen LogP contribution in [0.3, 0.4) is 0 Å². The lowest BCUT2D eigenvalue weighted by molar-refractivity contribution is -0.183. The Morgan fingerprint density at radius 2 is 1.80 bits per heavy atom. The molecule has 1 aliphatic heterocycles. The lowest BCUT2D eigenvalue weighted by Gasteiger charge is -2.39. The largest absolute Gasteiger partial charge is 0.385 e. The van der Waals surface area contributed by atoms with E-state index < -0.39 is 0 Å². The summed E-state index contributed by atoms with van der Waals surface area (Å²) in [7, 11) is 3.92. The van der Waals surface area contributed by atoms with Gasteiger partial charge in [-0.05, 0) is 26.3 Å². The van der Waals surface area contributed by atoms with Crippen LogP contribution in [-0.4, -0.2) is 70.5 Å². The fourth-order valence-electron chi connectivity index (χ4n) is 3.07. The normalized spacial score (nSPS) is 22.9. The molecule has 2 rings (SSSR count). The Morgan fingerprint density at radius 3 is 2.45 bits per heavy atom. The van der Waals surface area contributed by atoms with E-state index in [9.17, 15) is 0 Å². The summed E-state index contributed by atoms with van der Waals surface area (Å²) in [6, 6.07) is 0.635. The molecule has 0 aromatic rings. The molecule has 20 heavy (non-hydrogen) atoms. The van der Waals surface area contributed by atoms with E-state index in [1.165, 1.54) is 0 Å². The van der Waals surface area contributed by atoms with Gasteiger partial charge in [-0.1, -0.05) is 0 Å². The first-order valence-electron chi connectivity index (χ1n) is 7.81. The quantitative estimate of drug-likeness (QED) is 0.635. The zero-order valence-electron chi connectivity index (χ0n) is 12.9. The minimum atomic E-state index is -0.242. The van der Waals surface area contributed by atoms with E-state index in [0.29, 0.717) is 6.04 Å². The van der Waals surface area contributed by atoms with Crippen molar-refractivity contribution in [1.82, 2.24) is 4.90 Å². The molecule has 5 heteroatoms. The lowest BCUT2D eigenvalue weighted by atomic mass is 9.89. The van der Waals surface area contributed by atoms with Gasteiger partial charge in [-0.15, -0.1) is 0 Å². The molecule has 0 atom stereocenters. The second-order valence-corrected chi connectivity index (χ2v) is 5.78. The Labute approximate surface area is 122 Å². The molecule has 1 aliphatic carbocycles. The number of methoxy groups -OCH3 is 1. The highest BCUT2D eigenvalue weighted by Crippen LogP contribution is 2.36. The van der Waals surface area contributed by atoms with Crippen LogP contribution in [0.1, 0.15) is 32.1 Å². The Balaban J connectivity index is 1.56. The Kier molecular flexibility index (Phi) is 6.71. The van der Waals surface area contributed by atoms with Crippen molar-refractivity contribution in [2.24, 2.45) is 0 Å². The average Bonchev–Trinajstić information content (AvgIpc) is 2.91. The van der Waals surface area contributed by atoms with E-state index in [0.717, 1.165) is 71.7 Å². The molecule has 0 amide bonds. The summed E-state index contributed by atoms with van der Waals surface area (Å²) in [6.07, 6.45) is 5.33. The molecule has 1 heterocycles. The molecule has 0 N–H and O–H groups in total. The third kappa shape index (κ3) is 4.67. The van der Waals surface area contributed by atoms with Gasteiger partial charge in [-0.25, -0.2) is 0 Å². The standard InChI is InChI=1S/C15H29NO4/c1-16(8-11-18-10-3-9-17-2)14-4-6-15(7-5-14)19-12-13-20-15/h14H,3-13H2,1-2H3. The molecule has 118 valence electrons. The van der Waals surface area contributed by atoms with Crippen molar-refractivity contribution in [1.29, 1.82) is 0 Å². The van der Waals surface area contributed by atoms with Gasteiger partial charge in [0.05, 0.1) is 19.8 Å². The van der Waals surface area contributed by atoms with Crippen LogP contribution >= 0.6 is 0 Å². The molecule has 2 aliphatic rings. The fourth-order valence-corrected chi connectivity index (χ4v) is 3.07. The predicted octanol–water partition coefficient (Wildman–Crippen LogP) is 1.66. The lowest BCUT2D eigenvalue weighted by Crippen LogP contribution is -2.43. The summed E-state index contributed by atoms with van der Waals surface area (Å²) in [5.41, 5.74) is 0. The van der Waals surface area contributed by atoms with Crippen molar-refractivity contribution >= 4 is 0 Å². The van der Waals surface area contributed by atoms with Gasteiger partial charge in [0.1, 0.15) is 0 Å². The zero-order valence-corrected chi connectivity index (χ0v) is 12.9. The molecule has 0 aromatic heterocycles. The first-order valence-corrected chi connectivity index (χ1v) is 7.81. The molecule has 5 nitrogen and oxygen atoms in total. The van der Waals surface area contributed by atoms with Crippen LogP contribution in [0.2, 0.25) is 0 Å². The van der Waals surface area contributed by atoms with Crippen molar-refractivity contribution in [3.8, 4) is 0 Å². The van der Waals surface area contributed by atoms with Gasteiger partial charge in [-0.2, -0.15) is 0 Å². The number of nitrogens with zero attached hydrogens (tertiary/aromatic N) is 1. The van der Waals surface area contributed by atoms with E-state index in [4.69, 9.17) is 18.9 Å². The summed E-state index contributed by atoms with van der Waals surface area (Å²) in [5.74, 6) is -0.242. The SMILES string of the molecule is COCCCOCCN(C)C1CCC2(CC1)OCCO2. The molecular weight excluding hydrogens is 258 g/mol. The molecule has 1 saturated carbocycles. The van der Waals surface area contributed by atoms with Crippen LogP contribution in [0.5, 0.6) is 0 Å². The monoisotopic (exact) mass is 287 g/mol. The number of ether oxygens (including phenoxy) is 4. The molecule has 0 unspecified atom stereocenters. The summed E-state index contributed by atoms with van der Waals surface area (Å²) in [4.78, 5) is 2.41. The van der Waals surface area contributed by atoms with Gasteiger partial charge in [0.2, 0.25) is 0 Å². The van der Waals surface area contributed by atoms with Crippen molar-refractivity contribution in [2.45, 2.75) is 43.9 Å². The number of likely N-dealkylation sites (N-methyl/N-ethyl adjacent to an activating group) is 1. The summed E-state index contributed by atoms with van der Waals surface area (Å²) in [5, 5.41) is 0. The van der Waals surface area contributed by atoms with E-state index in [1.807, 2.05) is 0 Å². The molecule has 1 saturated heterocycles. The van der Waals surface area contributed by atoms with Crippen LogP contribution in [0.25, 0.3) is 0 Å². The molecule has 2 fully saturated rings.